The van der Waals surface area contributed by atoms with Crippen LogP contribution in [0.5, 0.6) is 5.75 Å². The predicted molar refractivity (Wildman–Crippen MR) is 79.6 cm³/mol. The second-order valence-corrected chi connectivity index (χ2v) is 6.12. The van der Waals surface area contributed by atoms with Gasteiger partial charge in [0.05, 0.1) is 11.3 Å². The van der Waals surface area contributed by atoms with Gasteiger partial charge in [-0.05, 0) is 36.2 Å². The van der Waals surface area contributed by atoms with Gasteiger partial charge in [0.25, 0.3) is 0 Å². The zero-order chi connectivity index (χ0) is 12.8. The third-order valence-electron chi connectivity index (χ3n) is 2.59. The first-order chi connectivity index (χ1) is 8.83. The van der Waals surface area contributed by atoms with E-state index in [-0.39, 0.29) is 0 Å². The number of thiophene rings is 1. The summed E-state index contributed by atoms with van der Waals surface area (Å²) in [5, 5.41) is 5.28. The molecule has 0 aliphatic carbocycles. The second-order valence-electron chi connectivity index (χ2n) is 3.90. The van der Waals surface area contributed by atoms with Gasteiger partial charge >= 0.3 is 0 Å². The SMILES string of the molecule is CNCc1ccc(OC)c(CSc2cccs2)c1. The summed E-state index contributed by atoms with van der Waals surface area (Å²) in [6.45, 7) is 0.890. The Balaban J connectivity index is 2.10. The minimum Gasteiger partial charge on any atom is -0.496 e. The van der Waals surface area contributed by atoms with Gasteiger partial charge in [-0.25, -0.2) is 0 Å². The highest BCUT2D eigenvalue weighted by Gasteiger charge is 2.05. The van der Waals surface area contributed by atoms with Crippen LogP contribution in [-0.2, 0) is 12.3 Å². The Morgan fingerprint density at radius 2 is 2.22 bits per heavy atom. The van der Waals surface area contributed by atoms with Crippen molar-refractivity contribution in [3.63, 3.8) is 0 Å². The fourth-order valence-corrected chi connectivity index (χ4v) is 3.52. The van der Waals surface area contributed by atoms with E-state index < -0.39 is 0 Å². The third kappa shape index (κ3) is 3.51. The number of methoxy groups -OCH3 is 1. The minimum absolute atomic E-state index is 0.890. The molecule has 2 rings (SSSR count). The van der Waals surface area contributed by atoms with Gasteiger partial charge < -0.3 is 10.1 Å². The van der Waals surface area contributed by atoms with Crippen molar-refractivity contribution >= 4 is 23.1 Å². The Morgan fingerprint density at radius 1 is 1.33 bits per heavy atom. The largest absolute Gasteiger partial charge is 0.496 e. The highest BCUT2D eigenvalue weighted by molar-refractivity contribution is 8.00. The van der Waals surface area contributed by atoms with Crippen molar-refractivity contribution in [1.82, 2.24) is 5.32 Å². The van der Waals surface area contributed by atoms with Gasteiger partial charge in [-0.2, -0.15) is 0 Å². The molecule has 0 radical (unpaired) electrons. The van der Waals surface area contributed by atoms with Crippen molar-refractivity contribution in [3.8, 4) is 5.75 Å². The summed E-state index contributed by atoms with van der Waals surface area (Å²) in [6, 6.07) is 10.6. The minimum atomic E-state index is 0.890. The van der Waals surface area contributed by atoms with Crippen LogP contribution in [-0.4, -0.2) is 14.2 Å². The number of benzene rings is 1. The molecule has 0 saturated heterocycles. The van der Waals surface area contributed by atoms with Gasteiger partial charge in [0.15, 0.2) is 0 Å². The van der Waals surface area contributed by atoms with E-state index in [0.29, 0.717) is 0 Å². The molecule has 18 heavy (non-hydrogen) atoms. The van der Waals surface area contributed by atoms with Crippen LogP contribution >= 0.6 is 23.1 Å². The molecule has 0 saturated carbocycles. The Bertz CT molecular complexity index is 483. The Hall–Kier alpha value is -0.970. The van der Waals surface area contributed by atoms with Crippen molar-refractivity contribution in [3.05, 3.63) is 46.8 Å². The van der Waals surface area contributed by atoms with E-state index in [1.807, 2.05) is 18.8 Å². The zero-order valence-corrected chi connectivity index (χ0v) is 12.2. The van der Waals surface area contributed by atoms with Gasteiger partial charge in [0, 0.05) is 17.9 Å². The summed E-state index contributed by atoms with van der Waals surface area (Å²) in [5.41, 5.74) is 2.55. The van der Waals surface area contributed by atoms with Crippen molar-refractivity contribution < 1.29 is 4.74 Å². The summed E-state index contributed by atoms with van der Waals surface area (Å²) in [6.07, 6.45) is 0. The van der Waals surface area contributed by atoms with Crippen LogP contribution in [0, 0.1) is 0 Å². The number of hydrogen-bond acceptors (Lipinski definition) is 4. The standard InChI is InChI=1S/C14H17NOS2/c1-15-9-11-5-6-13(16-2)12(8-11)10-18-14-4-3-7-17-14/h3-8,15H,9-10H2,1-2H3. The normalized spacial score (nSPS) is 10.6. The quantitative estimate of drug-likeness (QED) is 0.813. The molecule has 0 amide bonds. The fourth-order valence-electron chi connectivity index (χ4n) is 1.75. The maximum absolute atomic E-state index is 5.42. The maximum atomic E-state index is 5.42. The van der Waals surface area contributed by atoms with Crippen molar-refractivity contribution in [2.75, 3.05) is 14.2 Å². The number of rotatable bonds is 6. The van der Waals surface area contributed by atoms with Crippen LogP contribution in [0.25, 0.3) is 0 Å². The average molecular weight is 279 g/mol. The molecule has 96 valence electrons. The molecular formula is C14H17NOS2. The van der Waals surface area contributed by atoms with Crippen LogP contribution in [0.1, 0.15) is 11.1 Å². The van der Waals surface area contributed by atoms with E-state index in [1.54, 1.807) is 18.4 Å². The average Bonchev–Trinajstić information content (AvgIpc) is 2.90. The summed E-state index contributed by atoms with van der Waals surface area (Å²) < 4.78 is 6.76. The number of hydrogen-bond donors (Lipinski definition) is 1. The lowest BCUT2D eigenvalue weighted by Crippen LogP contribution is -2.05. The first-order valence-electron chi connectivity index (χ1n) is 5.80. The Kier molecular flexibility index (Phi) is 5.11. The third-order valence-corrected chi connectivity index (χ3v) is 4.77. The van der Waals surface area contributed by atoms with Crippen LogP contribution < -0.4 is 10.1 Å². The molecule has 1 aromatic heterocycles. The maximum Gasteiger partial charge on any atom is 0.122 e. The van der Waals surface area contributed by atoms with Gasteiger partial charge in [0.2, 0.25) is 0 Å². The molecule has 2 aromatic rings. The second kappa shape index (κ2) is 6.83. The first kappa shape index (κ1) is 13.5. The molecule has 2 nitrogen and oxygen atoms in total. The van der Waals surface area contributed by atoms with Crippen molar-refractivity contribution in [2.45, 2.75) is 16.5 Å². The van der Waals surface area contributed by atoms with Gasteiger partial charge in [-0.15, -0.1) is 23.1 Å². The summed E-state index contributed by atoms with van der Waals surface area (Å²) >= 11 is 3.63. The zero-order valence-electron chi connectivity index (χ0n) is 10.6. The summed E-state index contributed by atoms with van der Waals surface area (Å²) in [7, 11) is 3.69. The van der Waals surface area contributed by atoms with Gasteiger partial charge in [-0.3, -0.25) is 0 Å². The van der Waals surface area contributed by atoms with E-state index in [4.69, 9.17) is 4.74 Å². The molecule has 0 bridgehead atoms. The van der Waals surface area contributed by atoms with Crippen molar-refractivity contribution in [2.24, 2.45) is 0 Å². The molecule has 0 spiro atoms. The highest BCUT2D eigenvalue weighted by Crippen LogP contribution is 2.31. The summed E-state index contributed by atoms with van der Waals surface area (Å²) in [5.74, 6) is 1.92. The van der Waals surface area contributed by atoms with E-state index in [2.05, 4.69) is 41.0 Å². The van der Waals surface area contributed by atoms with E-state index in [9.17, 15) is 0 Å². The van der Waals surface area contributed by atoms with Crippen molar-refractivity contribution in [1.29, 1.82) is 0 Å². The van der Waals surface area contributed by atoms with Crippen LogP contribution in [0.15, 0.2) is 39.9 Å². The van der Waals surface area contributed by atoms with E-state index >= 15 is 0 Å². The first-order valence-corrected chi connectivity index (χ1v) is 7.66. The van der Waals surface area contributed by atoms with Crippen LogP contribution in [0.3, 0.4) is 0 Å². The summed E-state index contributed by atoms with van der Waals surface area (Å²) in [4.78, 5) is 0. The molecule has 4 heteroatoms. The topological polar surface area (TPSA) is 21.3 Å². The molecule has 1 N–H and O–H groups in total. The van der Waals surface area contributed by atoms with E-state index in [0.717, 1.165) is 18.0 Å². The van der Waals surface area contributed by atoms with Crippen LogP contribution in [0.2, 0.25) is 0 Å². The number of nitrogens with one attached hydrogen (secondary N) is 1. The lowest BCUT2D eigenvalue weighted by atomic mass is 10.1. The Labute approximate surface area is 116 Å². The lowest BCUT2D eigenvalue weighted by Gasteiger charge is -2.10. The van der Waals surface area contributed by atoms with Gasteiger partial charge in [-0.1, -0.05) is 12.1 Å². The molecule has 0 aliphatic rings. The van der Waals surface area contributed by atoms with Crippen LogP contribution in [0.4, 0.5) is 0 Å². The van der Waals surface area contributed by atoms with E-state index in [1.165, 1.54) is 15.3 Å². The Morgan fingerprint density at radius 3 is 2.89 bits per heavy atom. The van der Waals surface area contributed by atoms with Gasteiger partial charge in [0.1, 0.15) is 5.75 Å². The highest BCUT2D eigenvalue weighted by atomic mass is 32.2. The smallest absolute Gasteiger partial charge is 0.122 e. The number of thioether (sulfide) groups is 1. The molecule has 0 unspecified atom stereocenters. The molecule has 0 fully saturated rings. The predicted octanol–water partition coefficient (Wildman–Crippen LogP) is 3.77. The fraction of sp³-hybridized carbons (Fsp3) is 0.286. The lowest BCUT2D eigenvalue weighted by molar-refractivity contribution is 0.411. The molecule has 1 aromatic carbocycles. The molecular weight excluding hydrogens is 262 g/mol. The molecule has 0 aliphatic heterocycles. The monoisotopic (exact) mass is 279 g/mol. The number of ether oxygens (including phenoxy) is 1. The molecule has 1 heterocycles. The molecule has 0 atom stereocenters.